The van der Waals surface area contributed by atoms with Crippen LogP contribution in [0.2, 0.25) is 5.02 Å². The first-order valence-electron chi connectivity index (χ1n) is 5.07. The fourth-order valence-corrected chi connectivity index (χ4v) is 1.98. The third-order valence-electron chi connectivity index (χ3n) is 2.29. The predicted octanol–water partition coefficient (Wildman–Crippen LogP) is 5.31. The number of halogens is 4. The number of hydrogen-bond donors (Lipinski definition) is 0. The van der Waals surface area contributed by atoms with Crippen molar-refractivity contribution in [2.75, 3.05) is 0 Å². The Balaban J connectivity index is 2.30. The molecule has 0 aliphatic carbocycles. The number of ether oxygens (including phenoxy) is 1. The Morgan fingerprint density at radius 2 is 1.89 bits per heavy atom. The van der Waals surface area contributed by atoms with Crippen molar-refractivity contribution in [3.8, 4) is 11.5 Å². The molecule has 0 aromatic heterocycles. The molecule has 2 rings (SSSR count). The molecule has 0 radical (unpaired) electrons. The second-order valence-electron chi connectivity index (χ2n) is 3.56. The fourth-order valence-electron chi connectivity index (χ4n) is 1.42. The zero-order valence-electron chi connectivity index (χ0n) is 9.09. The number of alkyl halides is 1. The van der Waals surface area contributed by atoms with Gasteiger partial charge in [-0.25, -0.2) is 8.78 Å². The van der Waals surface area contributed by atoms with E-state index in [-0.39, 0.29) is 10.8 Å². The van der Waals surface area contributed by atoms with E-state index in [1.165, 1.54) is 30.3 Å². The minimum absolute atomic E-state index is 0.0298. The van der Waals surface area contributed by atoms with Crippen LogP contribution in [0.3, 0.4) is 0 Å². The molecule has 1 nitrogen and oxygen atoms in total. The highest BCUT2D eigenvalue weighted by Crippen LogP contribution is 2.29. The molecule has 0 aliphatic heterocycles. The summed E-state index contributed by atoms with van der Waals surface area (Å²) in [5, 5.41) is 0.470. The van der Waals surface area contributed by atoms with Crippen LogP contribution in [-0.2, 0) is 5.33 Å². The molecule has 2 aromatic carbocycles. The highest BCUT2D eigenvalue weighted by molar-refractivity contribution is 9.08. The van der Waals surface area contributed by atoms with Gasteiger partial charge in [0.25, 0.3) is 0 Å². The maximum atomic E-state index is 13.2. The number of rotatable bonds is 3. The molecule has 0 bridgehead atoms. The Hall–Kier alpha value is -1.13. The van der Waals surface area contributed by atoms with Crippen LogP contribution in [0.25, 0.3) is 0 Å². The SMILES string of the molecule is Fc1ccc(Oc2ccc(Cl)c(F)c2)c(CBr)c1. The van der Waals surface area contributed by atoms with Crippen LogP contribution in [0.4, 0.5) is 8.78 Å². The summed E-state index contributed by atoms with van der Waals surface area (Å²) in [5.74, 6) is -0.128. The lowest BCUT2D eigenvalue weighted by atomic mass is 10.2. The van der Waals surface area contributed by atoms with Gasteiger partial charge in [-0.3, -0.25) is 0 Å². The average molecular weight is 334 g/mol. The first-order valence-corrected chi connectivity index (χ1v) is 6.57. The van der Waals surface area contributed by atoms with E-state index in [4.69, 9.17) is 16.3 Å². The van der Waals surface area contributed by atoms with Crippen molar-refractivity contribution in [3.63, 3.8) is 0 Å². The van der Waals surface area contributed by atoms with Crippen molar-refractivity contribution in [1.29, 1.82) is 0 Å². The summed E-state index contributed by atoms with van der Waals surface area (Å²) in [6.07, 6.45) is 0. The molecule has 5 heteroatoms. The highest BCUT2D eigenvalue weighted by atomic mass is 79.9. The molecule has 0 amide bonds. The van der Waals surface area contributed by atoms with Crippen molar-refractivity contribution in [3.05, 3.63) is 58.6 Å². The zero-order valence-corrected chi connectivity index (χ0v) is 11.4. The van der Waals surface area contributed by atoms with Crippen molar-refractivity contribution in [1.82, 2.24) is 0 Å². The summed E-state index contributed by atoms with van der Waals surface area (Å²) in [6.45, 7) is 0. The van der Waals surface area contributed by atoms with Crippen LogP contribution in [0.15, 0.2) is 36.4 Å². The molecule has 0 heterocycles. The average Bonchev–Trinajstić information content (AvgIpc) is 2.36. The van der Waals surface area contributed by atoms with Gasteiger partial charge in [-0.1, -0.05) is 27.5 Å². The van der Waals surface area contributed by atoms with Gasteiger partial charge in [0.05, 0.1) is 5.02 Å². The Kier molecular flexibility index (Phi) is 4.19. The van der Waals surface area contributed by atoms with E-state index >= 15 is 0 Å². The van der Waals surface area contributed by atoms with E-state index in [1.807, 2.05) is 0 Å². The van der Waals surface area contributed by atoms with Gasteiger partial charge >= 0.3 is 0 Å². The number of benzene rings is 2. The highest BCUT2D eigenvalue weighted by Gasteiger charge is 2.07. The van der Waals surface area contributed by atoms with Crippen LogP contribution in [0.1, 0.15) is 5.56 Å². The quantitative estimate of drug-likeness (QED) is 0.692. The minimum Gasteiger partial charge on any atom is -0.457 e. The molecule has 0 saturated heterocycles. The Labute approximate surface area is 116 Å². The van der Waals surface area contributed by atoms with Gasteiger partial charge in [0.15, 0.2) is 0 Å². The molecule has 0 fully saturated rings. The standard InChI is InChI=1S/C13H8BrClF2O/c14-7-8-5-9(16)1-4-13(8)18-10-2-3-11(15)12(17)6-10/h1-6H,7H2. The second-order valence-corrected chi connectivity index (χ2v) is 4.53. The normalized spacial score (nSPS) is 10.4. The van der Waals surface area contributed by atoms with E-state index in [0.717, 1.165) is 0 Å². The Morgan fingerprint density at radius 3 is 2.56 bits per heavy atom. The van der Waals surface area contributed by atoms with Crippen molar-refractivity contribution in [2.24, 2.45) is 0 Å². The van der Waals surface area contributed by atoms with E-state index in [0.29, 0.717) is 22.4 Å². The molecule has 0 N–H and O–H groups in total. The lowest BCUT2D eigenvalue weighted by Gasteiger charge is -2.10. The maximum absolute atomic E-state index is 13.2. The maximum Gasteiger partial charge on any atom is 0.145 e. The second kappa shape index (κ2) is 5.67. The molecule has 0 spiro atoms. The van der Waals surface area contributed by atoms with Gasteiger partial charge < -0.3 is 4.74 Å². The third-order valence-corrected chi connectivity index (χ3v) is 3.20. The van der Waals surface area contributed by atoms with E-state index in [2.05, 4.69) is 15.9 Å². The van der Waals surface area contributed by atoms with Gasteiger partial charge in [-0.15, -0.1) is 0 Å². The summed E-state index contributed by atoms with van der Waals surface area (Å²) in [4.78, 5) is 0. The molecule has 0 atom stereocenters. The summed E-state index contributed by atoms with van der Waals surface area (Å²) in [5.41, 5.74) is 0.644. The minimum atomic E-state index is -0.559. The van der Waals surface area contributed by atoms with Crippen LogP contribution in [0, 0.1) is 11.6 Å². The molecule has 18 heavy (non-hydrogen) atoms. The van der Waals surface area contributed by atoms with Gasteiger partial charge in [-0.05, 0) is 30.3 Å². The van der Waals surface area contributed by atoms with Gasteiger partial charge in [-0.2, -0.15) is 0 Å². The molecular formula is C13H8BrClF2O. The van der Waals surface area contributed by atoms with Crippen LogP contribution in [-0.4, -0.2) is 0 Å². The van der Waals surface area contributed by atoms with Gasteiger partial charge in [0, 0.05) is 17.0 Å². The van der Waals surface area contributed by atoms with E-state index in [1.54, 1.807) is 6.07 Å². The molecule has 0 aliphatic rings. The largest absolute Gasteiger partial charge is 0.457 e. The lowest BCUT2D eigenvalue weighted by molar-refractivity contribution is 0.471. The monoisotopic (exact) mass is 332 g/mol. The first-order chi connectivity index (χ1) is 8.60. The van der Waals surface area contributed by atoms with Crippen LogP contribution < -0.4 is 4.74 Å². The number of hydrogen-bond acceptors (Lipinski definition) is 1. The van der Waals surface area contributed by atoms with Crippen molar-refractivity contribution >= 4 is 27.5 Å². The molecule has 94 valence electrons. The van der Waals surface area contributed by atoms with E-state index in [9.17, 15) is 8.78 Å². The summed E-state index contributed by atoms with van der Waals surface area (Å²) < 4.78 is 31.8. The molecule has 0 unspecified atom stereocenters. The predicted molar refractivity (Wildman–Crippen MR) is 70.5 cm³/mol. The molecule has 2 aromatic rings. The van der Waals surface area contributed by atoms with Gasteiger partial charge in [0.2, 0.25) is 0 Å². The zero-order chi connectivity index (χ0) is 13.1. The third kappa shape index (κ3) is 3.00. The van der Waals surface area contributed by atoms with Crippen molar-refractivity contribution in [2.45, 2.75) is 5.33 Å². The Bertz CT molecular complexity index is 575. The topological polar surface area (TPSA) is 9.23 Å². The van der Waals surface area contributed by atoms with Gasteiger partial charge in [0.1, 0.15) is 23.1 Å². The smallest absolute Gasteiger partial charge is 0.145 e. The lowest BCUT2D eigenvalue weighted by Crippen LogP contribution is -1.91. The molecule has 0 saturated carbocycles. The Morgan fingerprint density at radius 1 is 1.11 bits per heavy atom. The van der Waals surface area contributed by atoms with E-state index < -0.39 is 5.82 Å². The van der Waals surface area contributed by atoms with Crippen LogP contribution in [0.5, 0.6) is 11.5 Å². The fraction of sp³-hybridized carbons (Fsp3) is 0.0769. The summed E-state index contributed by atoms with van der Waals surface area (Å²) >= 11 is 8.82. The van der Waals surface area contributed by atoms with Crippen LogP contribution >= 0.6 is 27.5 Å². The van der Waals surface area contributed by atoms with Crippen molar-refractivity contribution < 1.29 is 13.5 Å². The first kappa shape index (κ1) is 13.3. The molecular weight excluding hydrogens is 325 g/mol. The summed E-state index contributed by atoms with van der Waals surface area (Å²) in [6, 6.07) is 8.28. The summed E-state index contributed by atoms with van der Waals surface area (Å²) in [7, 11) is 0.